The Morgan fingerprint density at radius 3 is 2.78 bits per heavy atom. The van der Waals surface area contributed by atoms with Crippen LogP contribution in [0.3, 0.4) is 0 Å². The molecule has 3 atom stereocenters. The Kier molecular flexibility index (Phi) is 4.62. The molecule has 2 rings (SSSR count). The Balaban J connectivity index is 1.84. The van der Waals surface area contributed by atoms with Crippen LogP contribution in [-0.2, 0) is 4.79 Å². The van der Waals surface area contributed by atoms with Gasteiger partial charge in [-0.25, -0.2) is 0 Å². The zero-order chi connectivity index (χ0) is 13.0. The van der Waals surface area contributed by atoms with E-state index in [4.69, 9.17) is 0 Å². The predicted octanol–water partition coefficient (Wildman–Crippen LogP) is 1.04. The molecule has 18 heavy (non-hydrogen) atoms. The van der Waals surface area contributed by atoms with Gasteiger partial charge in [-0.1, -0.05) is 13.3 Å². The summed E-state index contributed by atoms with van der Waals surface area (Å²) in [7, 11) is 0. The second-order valence-electron chi connectivity index (χ2n) is 5.81. The van der Waals surface area contributed by atoms with E-state index in [1.807, 2.05) is 0 Å². The number of carbonyl (C=O) groups excluding carboxylic acids is 1. The quantitative estimate of drug-likeness (QED) is 0.687. The van der Waals surface area contributed by atoms with Crippen molar-refractivity contribution in [2.75, 3.05) is 19.7 Å². The van der Waals surface area contributed by atoms with Crippen molar-refractivity contribution in [2.45, 2.75) is 51.0 Å². The van der Waals surface area contributed by atoms with Gasteiger partial charge in [-0.05, 0) is 50.5 Å². The molecule has 2 fully saturated rings. The van der Waals surface area contributed by atoms with Gasteiger partial charge in [0.1, 0.15) is 0 Å². The summed E-state index contributed by atoms with van der Waals surface area (Å²) in [5.74, 6) is 1.01. The van der Waals surface area contributed by atoms with Crippen LogP contribution in [0, 0.1) is 11.8 Å². The van der Waals surface area contributed by atoms with E-state index in [0.717, 1.165) is 45.2 Å². The Morgan fingerprint density at radius 2 is 2.17 bits per heavy atom. The first-order chi connectivity index (χ1) is 8.72. The molecule has 0 bridgehead atoms. The highest BCUT2D eigenvalue weighted by molar-refractivity contribution is 5.86. The van der Waals surface area contributed by atoms with Crippen LogP contribution < -0.4 is 10.6 Å². The summed E-state index contributed by atoms with van der Waals surface area (Å²) < 4.78 is 0. The molecule has 0 aromatic heterocycles. The van der Waals surface area contributed by atoms with Crippen LogP contribution in [0.25, 0.3) is 0 Å². The lowest BCUT2D eigenvalue weighted by Gasteiger charge is -2.28. The average Bonchev–Trinajstić information content (AvgIpc) is 3.05. The number of hydrogen-bond acceptors (Lipinski definition) is 3. The van der Waals surface area contributed by atoms with Crippen LogP contribution in [0.1, 0.15) is 45.4 Å². The third-order valence-electron chi connectivity index (χ3n) is 4.86. The van der Waals surface area contributed by atoms with Gasteiger partial charge in [0, 0.05) is 13.2 Å². The number of carbonyl (C=O) groups is 1. The van der Waals surface area contributed by atoms with E-state index in [2.05, 4.69) is 17.6 Å². The second-order valence-corrected chi connectivity index (χ2v) is 5.81. The summed E-state index contributed by atoms with van der Waals surface area (Å²) in [6, 6.07) is 0. The Morgan fingerprint density at radius 1 is 1.39 bits per heavy atom. The van der Waals surface area contributed by atoms with Crippen LogP contribution in [-0.4, -0.2) is 36.2 Å². The second kappa shape index (κ2) is 6.02. The molecule has 4 nitrogen and oxygen atoms in total. The van der Waals surface area contributed by atoms with Gasteiger partial charge >= 0.3 is 0 Å². The minimum absolute atomic E-state index is 0.158. The van der Waals surface area contributed by atoms with Crippen LogP contribution >= 0.6 is 0 Å². The first kappa shape index (κ1) is 13.8. The highest BCUT2D eigenvalue weighted by Gasteiger charge is 2.39. The number of hydrogen-bond donors (Lipinski definition) is 3. The standard InChI is InChI=1S/C14H26N2O2/c1-2-14(7-4-8-16-14)13(18)15-9-11-5-3-6-12(11)10-17/h11-12,16-17H,2-10H2,1H3,(H,15,18). The van der Waals surface area contributed by atoms with Crippen LogP contribution in [0.5, 0.6) is 0 Å². The third-order valence-corrected chi connectivity index (χ3v) is 4.86. The smallest absolute Gasteiger partial charge is 0.240 e. The maximum Gasteiger partial charge on any atom is 0.240 e. The topological polar surface area (TPSA) is 61.4 Å². The van der Waals surface area contributed by atoms with Gasteiger partial charge in [0.15, 0.2) is 0 Å². The molecule has 2 aliphatic rings. The van der Waals surface area contributed by atoms with Crippen LogP contribution in [0.15, 0.2) is 0 Å². The fourth-order valence-electron chi connectivity index (χ4n) is 3.48. The lowest BCUT2D eigenvalue weighted by Crippen LogP contribution is -2.54. The number of amides is 1. The molecule has 0 radical (unpaired) electrons. The monoisotopic (exact) mass is 254 g/mol. The normalized spacial score (nSPS) is 35.9. The number of aliphatic hydroxyl groups excluding tert-OH is 1. The molecule has 104 valence electrons. The molecule has 1 saturated heterocycles. The molecule has 1 aliphatic heterocycles. The zero-order valence-corrected chi connectivity index (χ0v) is 11.4. The van der Waals surface area contributed by atoms with E-state index in [9.17, 15) is 9.90 Å². The molecule has 4 heteroatoms. The van der Waals surface area contributed by atoms with Gasteiger partial charge in [-0.3, -0.25) is 4.79 Å². The van der Waals surface area contributed by atoms with Gasteiger partial charge < -0.3 is 15.7 Å². The molecule has 3 unspecified atom stereocenters. The van der Waals surface area contributed by atoms with Crippen molar-refractivity contribution >= 4 is 5.91 Å². The highest BCUT2D eigenvalue weighted by Crippen LogP contribution is 2.31. The molecule has 1 saturated carbocycles. The van der Waals surface area contributed by atoms with E-state index < -0.39 is 0 Å². The van der Waals surface area contributed by atoms with Gasteiger partial charge in [0.25, 0.3) is 0 Å². The molecule has 1 heterocycles. The Hall–Kier alpha value is -0.610. The van der Waals surface area contributed by atoms with E-state index in [1.165, 1.54) is 6.42 Å². The maximum absolute atomic E-state index is 12.3. The lowest BCUT2D eigenvalue weighted by molar-refractivity contribution is -0.127. The Bertz CT molecular complexity index is 288. The largest absolute Gasteiger partial charge is 0.396 e. The van der Waals surface area contributed by atoms with E-state index in [0.29, 0.717) is 11.8 Å². The third kappa shape index (κ3) is 2.69. The fourth-order valence-corrected chi connectivity index (χ4v) is 3.48. The molecule has 3 N–H and O–H groups in total. The first-order valence-electron chi connectivity index (χ1n) is 7.36. The van der Waals surface area contributed by atoms with Crippen molar-refractivity contribution in [3.63, 3.8) is 0 Å². The summed E-state index contributed by atoms with van der Waals surface area (Å²) in [6.45, 7) is 4.01. The molecule has 1 aliphatic carbocycles. The van der Waals surface area contributed by atoms with Crippen LogP contribution in [0.4, 0.5) is 0 Å². The summed E-state index contributed by atoms with van der Waals surface area (Å²) >= 11 is 0. The fraction of sp³-hybridized carbons (Fsp3) is 0.929. The molecule has 0 aromatic rings. The van der Waals surface area contributed by atoms with Crippen molar-refractivity contribution in [3.05, 3.63) is 0 Å². The summed E-state index contributed by atoms with van der Waals surface area (Å²) in [6.07, 6.45) is 6.31. The van der Waals surface area contributed by atoms with E-state index in [-0.39, 0.29) is 18.1 Å². The lowest BCUT2D eigenvalue weighted by atomic mass is 9.92. The molecule has 0 aromatic carbocycles. The Labute approximate surface area is 110 Å². The van der Waals surface area contributed by atoms with Gasteiger partial charge in [0.05, 0.1) is 5.54 Å². The molecule has 1 amide bonds. The first-order valence-corrected chi connectivity index (χ1v) is 7.36. The van der Waals surface area contributed by atoms with Crippen molar-refractivity contribution in [3.8, 4) is 0 Å². The van der Waals surface area contributed by atoms with Gasteiger partial charge in [-0.2, -0.15) is 0 Å². The molecule has 0 spiro atoms. The van der Waals surface area contributed by atoms with E-state index in [1.54, 1.807) is 0 Å². The van der Waals surface area contributed by atoms with Gasteiger partial charge in [0.2, 0.25) is 5.91 Å². The number of aliphatic hydroxyl groups is 1. The maximum atomic E-state index is 12.3. The zero-order valence-electron chi connectivity index (χ0n) is 11.4. The summed E-state index contributed by atoms with van der Waals surface area (Å²) in [5.41, 5.74) is -0.326. The van der Waals surface area contributed by atoms with Crippen molar-refractivity contribution < 1.29 is 9.90 Å². The minimum Gasteiger partial charge on any atom is -0.396 e. The van der Waals surface area contributed by atoms with Crippen LogP contribution in [0.2, 0.25) is 0 Å². The minimum atomic E-state index is -0.326. The SMILES string of the molecule is CCC1(C(=O)NCC2CCCC2CO)CCCN1. The predicted molar refractivity (Wildman–Crippen MR) is 71.2 cm³/mol. The average molecular weight is 254 g/mol. The summed E-state index contributed by atoms with van der Waals surface area (Å²) in [4.78, 5) is 12.3. The summed E-state index contributed by atoms with van der Waals surface area (Å²) in [5, 5.41) is 15.8. The molecular formula is C14H26N2O2. The van der Waals surface area contributed by atoms with E-state index >= 15 is 0 Å². The number of rotatable bonds is 5. The highest BCUT2D eigenvalue weighted by atomic mass is 16.3. The van der Waals surface area contributed by atoms with Crippen molar-refractivity contribution in [1.82, 2.24) is 10.6 Å². The van der Waals surface area contributed by atoms with Crippen molar-refractivity contribution in [1.29, 1.82) is 0 Å². The van der Waals surface area contributed by atoms with Gasteiger partial charge in [-0.15, -0.1) is 0 Å². The van der Waals surface area contributed by atoms with Crippen molar-refractivity contribution in [2.24, 2.45) is 11.8 Å². The molecular weight excluding hydrogens is 228 g/mol. The number of nitrogens with one attached hydrogen (secondary N) is 2.